The summed E-state index contributed by atoms with van der Waals surface area (Å²) < 4.78 is 0. The van der Waals surface area contributed by atoms with Crippen molar-refractivity contribution < 1.29 is 24.3 Å². The summed E-state index contributed by atoms with van der Waals surface area (Å²) in [6.07, 6.45) is 3.47. The van der Waals surface area contributed by atoms with E-state index in [1.807, 2.05) is 13.8 Å². The van der Waals surface area contributed by atoms with Gasteiger partial charge in [-0.1, -0.05) is 13.8 Å². The molecule has 3 amide bonds. The predicted octanol–water partition coefficient (Wildman–Crippen LogP) is -0.447. The quantitative estimate of drug-likeness (QED) is 0.355. The third-order valence-electron chi connectivity index (χ3n) is 3.48. The van der Waals surface area contributed by atoms with Crippen molar-refractivity contribution in [2.24, 2.45) is 5.92 Å². The molecule has 0 aromatic carbocycles. The first-order valence-corrected chi connectivity index (χ1v) is 7.61. The molecule has 4 N–H and O–H groups in total. The van der Waals surface area contributed by atoms with Crippen LogP contribution in [0.15, 0.2) is 12.2 Å². The standard InChI is InChI=1S/C15H23N3O5/c1-9(2)13-15(23)17-10(14(22)18-13)5-3-4-8-16-11(19)6-7-12(20)21/h6-7,9-10,13H,3-5,8H2,1-2H3,(H,16,19)(H,17,23)(H,18,22)(H,20,21)/b7-6+. The van der Waals surface area contributed by atoms with E-state index in [1.165, 1.54) is 0 Å². The summed E-state index contributed by atoms with van der Waals surface area (Å²) in [6.45, 7) is 4.11. The van der Waals surface area contributed by atoms with Crippen LogP contribution in [0.3, 0.4) is 0 Å². The van der Waals surface area contributed by atoms with Crippen molar-refractivity contribution in [2.75, 3.05) is 6.54 Å². The summed E-state index contributed by atoms with van der Waals surface area (Å²) in [5, 5.41) is 16.3. The summed E-state index contributed by atoms with van der Waals surface area (Å²) in [5.41, 5.74) is 0. The Kier molecular flexibility index (Phi) is 7.24. The van der Waals surface area contributed by atoms with Gasteiger partial charge in [0.05, 0.1) is 0 Å². The molecule has 2 atom stereocenters. The summed E-state index contributed by atoms with van der Waals surface area (Å²) >= 11 is 0. The summed E-state index contributed by atoms with van der Waals surface area (Å²) in [7, 11) is 0. The van der Waals surface area contributed by atoms with Crippen LogP contribution in [-0.2, 0) is 19.2 Å². The molecule has 23 heavy (non-hydrogen) atoms. The Morgan fingerprint density at radius 1 is 1.17 bits per heavy atom. The van der Waals surface area contributed by atoms with Crippen molar-refractivity contribution >= 4 is 23.7 Å². The highest BCUT2D eigenvalue weighted by Gasteiger charge is 2.34. The van der Waals surface area contributed by atoms with E-state index < -0.39 is 24.0 Å². The second kappa shape index (κ2) is 8.92. The van der Waals surface area contributed by atoms with Crippen molar-refractivity contribution in [3.8, 4) is 0 Å². The minimum absolute atomic E-state index is 0.0361. The first-order valence-electron chi connectivity index (χ1n) is 7.61. The van der Waals surface area contributed by atoms with Crippen molar-refractivity contribution in [3.05, 3.63) is 12.2 Å². The number of hydrogen-bond acceptors (Lipinski definition) is 4. The average Bonchev–Trinajstić information content (AvgIpc) is 2.47. The van der Waals surface area contributed by atoms with Crippen LogP contribution in [0.1, 0.15) is 33.1 Å². The lowest BCUT2D eigenvalue weighted by Gasteiger charge is -2.31. The highest BCUT2D eigenvalue weighted by molar-refractivity contribution is 5.97. The molecule has 0 spiro atoms. The minimum atomic E-state index is -1.18. The van der Waals surface area contributed by atoms with E-state index >= 15 is 0 Å². The molecule has 1 saturated heterocycles. The maximum Gasteiger partial charge on any atom is 0.328 e. The van der Waals surface area contributed by atoms with Crippen LogP contribution in [0.4, 0.5) is 0 Å². The second-order valence-electron chi connectivity index (χ2n) is 5.75. The van der Waals surface area contributed by atoms with Gasteiger partial charge in [0, 0.05) is 18.7 Å². The molecular weight excluding hydrogens is 302 g/mol. The van der Waals surface area contributed by atoms with E-state index in [9.17, 15) is 19.2 Å². The number of carboxylic acids is 1. The van der Waals surface area contributed by atoms with Crippen molar-refractivity contribution in [1.29, 1.82) is 0 Å². The Bertz CT molecular complexity index is 501. The summed E-state index contributed by atoms with van der Waals surface area (Å²) in [4.78, 5) is 45.2. The Hall–Kier alpha value is -2.38. The van der Waals surface area contributed by atoms with Gasteiger partial charge in [-0.3, -0.25) is 14.4 Å². The molecule has 0 aromatic heterocycles. The lowest BCUT2D eigenvalue weighted by Crippen LogP contribution is -2.63. The van der Waals surface area contributed by atoms with Crippen LogP contribution in [0.2, 0.25) is 0 Å². The van der Waals surface area contributed by atoms with Gasteiger partial charge < -0.3 is 21.1 Å². The number of unbranched alkanes of at least 4 members (excludes halogenated alkanes) is 1. The molecule has 128 valence electrons. The number of rotatable bonds is 8. The van der Waals surface area contributed by atoms with Crippen LogP contribution >= 0.6 is 0 Å². The molecule has 8 heteroatoms. The van der Waals surface area contributed by atoms with Gasteiger partial charge in [-0.05, 0) is 25.2 Å². The lowest BCUT2D eigenvalue weighted by atomic mass is 9.98. The normalized spacial score (nSPS) is 21.2. The molecule has 0 aromatic rings. The Morgan fingerprint density at radius 3 is 2.48 bits per heavy atom. The fourth-order valence-corrected chi connectivity index (χ4v) is 2.21. The number of aliphatic carboxylic acids is 1. The molecule has 0 aliphatic carbocycles. The molecule has 0 bridgehead atoms. The maximum absolute atomic E-state index is 11.9. The lowest BCUT2D eigenvalue weighted by molar-refractivity contribution is -0.138. The van der Waals surface area contributed by atoms with Crippen LogP contribution in [-0.4, -0.2) is 47.4 Å². The van der Waals surface area contributed by atoms with Crippen LogP contribution < -0.4 is 16.0 Å². The number of carbonyl (C=O) groups excluding carboxylic acids is 3. The molecule has 1 rings (SSSR count). The zero-order chi connectivity index (χ0) is 17.4. The number of nitrogens with one attached hydrogen (secondary N) is 3. The van der Waals surface area contributed by atoms with Crippen LogP contribution in [0.5, 0.6) is 0 Å². The van der Waals surface area contributed by atoms with E-state index in [1.54, 1.807) is 0 Å². The molecule has 1 heterocycles. The number of piperazine rings is 1. The summed E-state index contributed by atoms with van der Waals surface area (Å²) in [5.74, 6) is -1.97. The predicted molar refractivity (Wildman–Crippen MR) is 82.3 cm³/mol. The van der Waals surface area contributed by atoms with Gasteiger partial charge in [-0.15, -0.1) is 0 Å². The third kappa shape index (κ3) is 6.50. The second-order valence-corrected chi connectivity index (χ2v) is 5.75. The van der Waals surface area contributed by atoms with Gasteiger partial charge in [0.1, 0.15) is 12.1 Å². The average molecular weight is 325 g/mol. The van der Waals surface area contributed by atoms with E-state index in [0.717, 1.165) is 12.2 Å². The van der Waals surface area contributed by atoms with Gasteiger partial charge >= 0.3 is 5.97 Å². The number of carbonyl (C=O) groups is 4. The largest absolute Gasteiger partial charge is 0.478 e. The molecule has 1 aliphatic rings. The Labute approximate surface area is 134 Å². The molecular formula is C15H23N3O5. The van der Waals surface area contributed by atoms with Crippen molar-refractivity contribution in [3.63, 3.8) is 0 Å². The van der Waals surface area contributed by atoms with E-state index in [2.05, 4.69) is 16.0 Å². The molecule has 0 saturated carbocycles. The molecule has 8 nitrogen and oxygen atoms in total. The van der Waals surface area contributed by atoms with E-state index in [0.29, 0.717) is 25.8 Å². The van der Waals surface area contributed by atoms with E-state index in [4.69, 9.17) is 5.11 Å². The minimum Gasteiger partial charge on any atom is -0.478 e. The Morgan fingerprint density at radius 2 is 1.87 bits per heavy atom. The first-order chi connectivity index (χ1) is 10.8. The number of carboxylic acid groups (broad SMARTS) is 1. The molecule has 2 unspecified atom stereocenters. The summed E-state index contributed by atoms with van der Waals surface area (Å²) in [6, 6.07) is -1.03. The van der Waals surface area contributed by atoms with Crippen molar-refractivity contribution in [1.82, 2.24) is 16.0 Å². The SMILES string of the molecule is CC(C)C1NC(=O)C(CCCCNC(=O)/C=C/C(=O)O)NC1=O. The van der Waals surface area contributed by atoms with E-state index in [-0.39, 0.29) is 17.7 Å². The highest BCUT2D eigenvalue weighted by Crippen LogP contribution is 2.10. The smallest absolute Gasteiger partial charge is 0.328 e. The number of amides is 3. The third-order valence-corrected chi connectivity index (χ3v) is 3.48. The zero-order valence-corrected chi connectivity index (χ0v) is 13.3. The molecule has 1 aliphatic heterocycles. The number of hydrogen-bond donors (Lipinski definition) is 4. The van der Waals surface area contributed by atoms with Gasteiger partial charge in [-0.2, -0.15) is 0 Å². The van der Waals surface area contributed by atoms with Gasteiger partial charge in [-0.25, -0.2) is 4.79 Å². The van der Waals surface area contributed by atoms with Gasteiger partial charge in [0.2, 0.25) is 17.7 Å². The highest BCUT2D eigenvalue weighted by atomic mass is 16.4. The van der Waals surface area contributed by atoms with Crippen LogP contribution in [0, 0.1) is 5.92 Å². The van der Waals surface area contributed by atoms with Crippen molar-refractivity contribution in [2.45, 2.75) is 45.2 Å². The zero-order valence-electron chi connectivity index (χ0n) is 13.3. The Balaban J connectivity index is 2.24. The first kappa shape index (κ1) is 18.7. The fourth-order valence-electron chi connectivity index (χ4n) is 2.21. The maximum atomic E-state index is 11.9. The topological polar surface area (TPSA) is 125 Å². The van der Waals surface area contributed by atoms with Crippen LogP contribution in [0.25, 0.3) is 0 Å². The van der Waals surface area contributed by atoms with Gasteiger partial charge in [0.15, 0.2) is 0 Å². The monoisotopic (exact) mass is 325 g/mol. The molecule has 0 radical (unpaired) electrons. The molecule has 1 fully saturated rings. The fraction of sp³-hybridized carbons (Fsp3) is 0.600. The van der Waals surface area contributed by atoms with Gasteiger partial charge in [0.25, 0.3) is 0 Å².